The van der Waals surface area contributed by atoms with Gasteiger partial charge in [0.2, 0.25) is 5.89 Å². The van der Waals surface area contributed by atoms with Crippen molar-refractivity contribution in [3.05, 3.63) is 36.1 Å². The second kappa shape index (κ2) is 7.58. The Balaban J connectivity index is 1.62. The summed E-state index contributed by atoms with van der Waals surface area (Å²) >= 11 is 0. The molecule has 4 rings (SSSR count). The molecular weight excluding hydrogens is 358 g/mol. The normalized spacial score (nSPS) is 18.6. The van der Waals surface area contributed by atoms with E-state index in [9.17, 15) is 0 Å². The fraction of sp³-hybridized carbons (Fsp3) is 0.333. The van der Waals surface area contributed by atoms with Gasteiger partial charge in [-0.2, -0.15) is 5.26 Å². The Labute approximate surface area is 161 Å². The highest BCUT2D eigenvalue weighted by molar-refractivity contribution is 5.72. The van der Waals surface area contributed by atoms with Crippen LogP contribution in [0, 0.1) is 18.3 Å². The molecule has 1 saturated carbocycles. The van der Waals surface area contributed by atoms with Crippen molar-refractivity contribution < 1.29 is 4.42 Å². The van der Waals surface area contributed by atoms with Gasteiger partial charge in [-0.15, -0.1) is 10.2 Å². The van der Waals surface area contributed by atoms with Gasteiger partial charge in [-0.1, -0.05) is 0 Å². The number of aromatic nitrogens is 5. The maximum atomic E-state index is 8.82. The number of hydrogen-bond acceptors (Lipinski definition) is 10. The summed E-state index contributed by atoms with van der Waals surface area (Å²) < 4.78 is 5.63. The van der Waals surface area contributed by atoms with E-state index in [1.807, 2.05) is 19.1 Å². The quantitative estimate of drug-likeness (QED) is 0.603. The number of rotatable bonds is 5. The maximum Gasteiger partial charge on any atom is 0.249 e. The molecule has 4 N–H and O–H groups in total. The molecule has 10 nitrogen and oxygen atoms in total. The van der Waals surface area contributed by atoms with Crippen molar-refractivity contribution in [1.29, 1.82) is 5.26 Å². The van der Waals surface area contributed by atoms with Gasteiger partial charge >= 0.3 is 0 Å². The van der Waals surface area contributed by atoms with Gasteiger partial charge in [-0.05, 0) is 26.2 Å². The number of nitrogens with zero attached hydrogens (tertiary/aromatic N) is 6. The van der Waals surface area contributed by atoms with E-state index in [0.717, 1.165) is 24.9 Å². The lowest BCUT2D eigenvalue weighted by atomic mass is 10.2. The van der Waals surface area contributed by atoms with Crippen LogP contribution in [0.15, 0.2) is 29.1 Å². The highest BCUT2D eigenvalue weighted by atomic mass is 16.4. The summed E-state index contributed by atoms with van der Waals surface area (Å²) in [5.74, 6) is 2.04. The zero-order chi connectivity index (χ0) is 19.5. The van der Waals surface area contributed by atoms with Crippen LogP contribution in [-0.2, 0) is 0 Å². The molecule has 0 radical (unpaired) electrons. The van der Waals surface area contributed by atoms with Crippen LogP contribution in [0.1, 0.15) is 30.7 Å². The van der Waals surface area contributed by atoms with Crippen LogP contribution in [0.3, 0.4) is 0 Å². The number of hydrogen-bond donors (Lipinski definition) is 3. The van der Waals surface area contributed by atoms with Gasteiger partial charge in [0.15, 0.2) is 17.2 Å². The van der Waals surface area contributed by atoms with Crippen molar-refractivity contribution in [3.8, 4) is 17.7 Å². The molecule has 0 amide bonds. The molecule has 10 heteroatoms. The standard InChI is InChI=1S/C18H19N9O/c1-10-7-23-18(28-10)17-14(24-12-3-2-11(20)4-12)5-15(26-27-17)25-16-9-21-13(6-19)8-22-16/h5,7-9,11-12H,2-4,20H2,1H3,(H2,22,24,25,26). The fourth-order valence-corrected chi connectivity index (χ4v) is 3.13. The minimum Gasteiger partial charge on any atom is -0.440 e. The van der Waals surface area contributed by atoms with Crippen molar-refractivity contribution >= 4 is 17.3 Å². The fourth-order valence-electron chi connectivity index (χ4n) is 3.13. The van der Waals surface area contributed by atoms with Crippen LogP contribution in [0.25, 0.3) is 11.6 Å². The van der Waals surface area contributed by atoms with Crippen LogP contribution >= 0.6 is 0 Å². The summed E-state index contributed by atoms with van der Waals surface area (Å²) in [4.78, 5) is 12.4. The molecule has 3 heterocycles. The van der Waals surface area contributed by atoms with Crippen molar-refractivity contribution in [1.82, 2.24) is 25.1 Å². The first kappa shape index (κ1) is 17.8. The van der Waals surface area contributed by atoms with E-state index >= 15 is 0 Å². The largest absolute Gasteiger partial charge is 0.440 e. The zero-order valence-electron chi connectivity index (χ0n) is 15.3. The van der Waals surface area contributed by atoms with Gasteiger partial charge < -0.3 is 20.8 Å². The van der Waals surface area contributed by atoms with E-state index in [4.69, 9.17) is 15.4 Å². The molecule has 142 valence electrons. The summed E-state index contributed by atoms with van der Waals surface area (Å²) in [5, 5.41) is 23.8. The van der Waals surface area contributed by atoms with E-state index < -0.39 is 0 Å². The van der Waals surface area contributed by atoms with Gasteiger partial charge in [-0.3, -0.25) is 0 Å². The Hall–Kier alpha value is -3.58. The number of nitrogens with two attached hydrogens (primary N) is 1. The first-order chi connectivity index (χ1) is 13.6. The Bertz CT molecular complexity index is 1010. The number of oxazole rings is 1. The van der Waals surface area contributed by atoms with Crippen LogP contribution in [-0.4, -0.2) is 37.2 Å². The molecule has 2 atom stereocenters. The van der Waals surface area contributed by atoms with Crippen molar-refractivity contribution in [3.63, 3.8) is 0 Å². The van der Waals surface area contributed by atoms with Gasteiger partial charge in [0, 0.05) is 18.2 Å². The second-order valence-corrected chi connectivity index (χ2v) is 6.71. The Kier molecular flexibility index (Phi) is 4.82. The molecule has 0 aliphatic heterocycles. The van der Waals surface area contributed by atoms with Crippen molar-refractivity contribution in [2.45, 2.75) is 38.3 Å². The minimum absolute atomic E-state index is 0.200. The number of anilines is 3. The highest BCUT2D eigenvalue weighted by Crippen LogP contribution is 2.30. The summed E-state index contributed by atoms with van der Waals surface area (Å²) in [7, 11) is 0. The first-order valence-electron chi connectivity index (χ1n) is 8.92. The summed E-state index contributed by atoms with van der Waals surface area (Å²) in [6, 6.07) is 4.20. The van der Waals surface area contributed by atoms with Gasteiger partial charge in [-0.25, -0.2) is 15.0 Å². The molecule has 0 aromatic carbocycles. The predicted octanol–water partition coefficient (Wildman–Crippen LogP) is 2.14. The van der Waals surface area contributed by atoms with E-state index in [1.54, 1.807) is 6.20 Å². The average molecular weight is 377 g/mol. The third-order valence-electron chi connectivity index (χ3n) is 4.47. The minimum atomic E-state index is 0.200. The monoisotopic (exact) mass is 377 g/mol. The van der Waals surface area contributed by atoms with Crippen molar-refractivity contribution in [2.75, 3.05) is 10.6 Å². The third-order valence-corrected chi connectivity index (χ3v) is 4.47. The average Bonchev–Trinajstić information content (AvgIpc) is 3.31. The van der Waals surface area contributed by atoms with Gasteiger partial charge in [0.05, 0.1) is 24.3 Å². The molecular formula is C18H19N9O. The van der Waals surface area contributed by atoms with Crippen molar-refractivity contribution in [2.24, 2.45) is 5.73 Å². The maximum absolute atomic E-state index is 8.82. The zero-order valence-corrected chi connectivity index (χ0v) is 15.3. The van der Waals surface area contributed by atoms with Crippen LogP contribution < -0.4 is 16.4 Å². The molecule has 0 bridgehead atoms. The summed E-state index contributed by atoms with van der Waals surface area (Å²) in [6.45, 7) is 1.83. The molecule has 3 aromatic rings. The van der Waals surface area contributed by atoms with E-state index in [2.05, 4.69) is 35.8 Å². The Morgan fingerprint density at radius 1 is 1.14 bits per heavy atom. The highest BCUT2D eigenvalue weighted by Gasteiger charge is 2.24. The van der Waals surface area contributed by atoms with E-state index in [0.29, 0.717) is 29.0 Å². The molecule has 1 fully saturated rings. The second-order valence-electron chi connectivity index (χ2n) is 6.71. The predicted molar refractivity (Wildman–Crippen MR) is 102 cm³/mol. The van der Waals surface area contributed by atoms with E-state index in [1.165, 1.54) is 12.4 Å². The number of nitriles is 1. The lowest BCUT2D eigenvalue weighted by Crippen LogP contribution is -2.21. The van der Waals surface area contributed by atoms with Crippen LogP contribution in [0.2, 0.25) is 0 Å². The van der Waals surface area contributed by atoms with Crippen LogP contribution in [0.5, 0.6) is 0 Å². The smallest absolute Gasteiger partial charge is 0.249 e. The number of aryl methyl sites for hydroxylation is 1. The molecule has 1 aliphatic carbocycles. The molecule has 3 aromatic heterocycles. The molecule has 1 aliphatic rings. The third kappa shape index (κ3) is 3.89. The number of nitrogens with one attached hydrogen (secondary N) is 2. The molecule has 28 heavy (non-hydrogen) atoms. The van der Waals surface area contributed by atoms with Gasteiger partial charge in [0.25, 0.3) is 0 Å². The van der Waals surface area contributed by atoms with Crippen LogP contribution in [0.4, 0.5) is 17.3 Å². The lowest BCUT2D eigenvalue weighted by molar-refractivity contribution is 0.539. The molecule has 2 unspecified atom stereocenters. The Morgan fingerprint density at radius 2 is 2.04 bits per heavy atom. The summed E-state index contributed by atoms with van der Waals surface area (Å²) in [5.41, 5.74) is 7.56. The van der Waals surface area contributed by atoms with Gasteiger partial charge in [0.1, 0.15) is 17.6 Å². The summed E-state index contributed by atoms with van der Waals surface area (Å²) in [6.07, 6.45) is 7.35. The first-order valence-corrected chi connectivity index (χ1v) is 8.92. The molecule has 0 saturated heterocycles. The lowest BCUT2D eigenvalue weighted by Gasteiger charge is -2.16. The SMILES string of the molecule is Cc1cnc(-c2nnc(Nc3cnc(C#N)cn3)cc2NC2CCC(N)C2)o1. The van der Waals surface area contributed by atoms with E-state index in [-0.39, 0.29) is 17.8 Å². The molecule has 0 spiro atoms. The Morgan fingerprint density at radius 3 is 2.68 bits per heavy atom. The topological polar surface area (TPSA) is 151 Å².